The minimum atomic E-state index is -0.136. The Bertz CT molecular complexity index is 1510. The molecule has 0 heterocycles. The van der Waals surface area contributed by atoms with Crippen LogP contribution in [0.5, 0.6) is 34.5 Å². The molecule has 0 aliphatic rings. The summed E-state index contributed by atoms with van der Waals surface area (Å²) >= 11 is 0. The maximum absolute atomic E-state index is 12.6. The zero-order valence-corrected chi connectivity index (χ0v) is 25.8. The molecule has 8 nitrogen and oxygen atoms in total. The van der Waals surface area contributed by atoms with E-state index in [2.05, 4.69) is 0 Å². The van der Waals surface area contributed by atoms with E-state index in [0.29, 0.717) is 53.8 Å². The van der Waals surface area contributed by atoms with Gasteiger partial charge in [-0.25, -0.2) is 0 Å². The molecule has 0 saturated heterocycles. The van der Waals surface area contributed by atoms with Gasteiger partial charge in [-0.3, -0.25) is 9.59 Å². The predicted octanol–water partition coefficient (Wildman–Crippen LogP) is 7.36. The van der Waals surface area contributed by atoms with Gasteiger partial charge >= 0.3 is 0 Å². The highest BCUT2D eigenvalue weighted by atomic mass is 16.5. The summed E-state index contributed by atoms with van der Waals surface area (Å²) in [5.74, 6) is 3.35. The van der Waals surface area contributed by atoms with E-state index in [1.807, 2.05) is 48.5 Å². The second-order valence-corrected chi connectivity index (χ2v) is 9.72. The molecule has 0 atom stereocenters. The monoisotopic (exact) mass is 608 g/mol. The summed E-state index contributed by atoms with van der Waals surface area (Å²) < 4.78 is 32.6. The number of carbonyl (C=O) groups excluding carboxylic acids is 2. The van der Waals surface area contributed by atoms with Crippen molar-refractivity contribution in [2.45, 2.75) is 6.42 Å². The van der Waals surface area contributed by atoms with Crippen molar-refractivity contribution >= 4 is 23.7 Å². The zero-order chi connectivity index (χ0) is 32.0. The summed E-state index contributed by atoms with van der Waals surface area (Å²) in [5.41, 5.74) is 2.78. The van der Waals surface area contributed by atoms with E-state index < -0.39 is 0 Å². The number of allylic oxidation sites excluding steroid dienone is 2. The van der Waals surface area contributed by atoms with Gasteiger partial charge in [-0.15, -0.1) is 0 Å². The van der Waals surface area contributed by atoms with Crippen LogP contribution in [-0.2, 0) is 0 Å². The first kappa shape index (κ1) is 32.4. The maximum Gasteiger partial charge on any atom is 0.185 e. The molecule has 8 heteroatoms. The Morgan fingerprint density at radius 3 is 1.24 bits per heavy atom. The molecule has 0 radical (unpaired) electrons. The summed E-state index contributed by atoms with van der Waals surface area (Å²) in [6.45, 7) is 0.984. The van der Waals surface area contributed by atoms with Crippen LogP contribution in [0.4, 0.5) is 0 Å². The first-order chi connectivity index (χ1) is 21.9. The molecule has 0 saturated carbocycles. The smallest absolute Gasteiger partial charge is 0.185 e. The van der Waals surface area contributed by atoms with Gasteiger partial charge in [0.2, 0.25) is 0 Å². The summed E-state index contributed by atoms with van der Waals surface area (Å²) in [7, 11) is 6.17. The molecule has 0 unspecified atom stereocenters. The van der Waals surface area contributed by atoms with E-state index >= 15 is 0 Å². The molecule has 4 rings (SSSR count). The van der Waals surface area contributed by atoms with Crippen molar-refractivity contribution in [2.75, 3.05) is 41.7 Å². The molecule has 45 heavy (non-hydrogen) atoms. The number of benzene rings is 4. The second kappa shape index (κ2) is 16.4. The average molecular weight is 609 g/mol. The van der Waals surface area contributed by atoms with Crippen molar-refractivity contribution in [3.05, 3.63) is 119 Å². The molecule has 4 aromatic rings. The maximum atomic E-state index is 12.6. The van der Waals surface area contributed by atoms with Crippen LogP contribution in [0.15, 0.2) is 97.1 Å². The largest absolute Gasteiger partial charge is 0.493 e. The fourth-order valence-corrected chi connectivity index (χ4v) is 4.30. The lowest BCUT2D eigenvalue weighted by Crippen LogP contribution is -2.05. The van der Waals surface area contributed by atoms with E-state index in [-0.39, 0.29) is 11.6 Å². The quantitative estimate of drug-likeness (QED) is 0.0741. The van der Waals surface area contributed by atoms with Crippen molar-refractivity contribution in [1.82, 2.24) is 0 Å². The fourth-order valence-electron chi connectivity index (χ4n) is 4.30. The normalized spacial score (nSPS) is 10.9. The Labute approximate surface area is 263 Å². The Morgan fingerprint density at radius 1 is 0.511 bits per heavy atom. The van der Waals surface area contributed by atoms with Crippen LogP contribution in [-0.4, -0.2) is 53.2 Å². The highest BCUT2D eigenvalue weighted by molar-refractivity contribution is 6.07. The Kier molecular flexibility index (Phi) is 11.8. The van der Waals surface area contributed by atoms with Gasteiger partial charge in [-0.1, -0.05) is 36.4 Å². The summed E-state index contributed by atoms with van der Waals surface area (Å²) in [6, 6.07) is 25.2. The van der Waals surface area contributed by atoms with E-state index in [0.717, 1.165) is 22.6 Å². The molecule has 0 aliphatic carbocycles. The fraction of sp³-hybridized carbons (Fsp3) is 0.189. The van der Waals surface area contributed by atoms with E-state index in [9.17, 15) is 9.59 Å². The van der Waals surface area contributed by atoms with Crippen molar-refractivity contribution in [1.29, 1.82) is 0 Å². The minimum Gasteiger partial charge on any atom is -0.493 e. The molecule has 4 aromatic carbocycles. The lowest BCUT2D eigenvalue weighted by Gasteiger charge is -2.09. The molecule has 0 aliphatic heterocycles. The van der Waals surface area contributed by atoms with Crippen molar-refractivity contribution in [3.63, 3.8) is 0 Å². The number of methoxy groups -OCH3 is 4. The number of carbonyl (C=O) groups is 2. The van der Waals surface area contributed by atoms with Crippen LogP contribution in [0.25, 0.3) is 12.2 Å². The number of hydrogen-bond donors (Lipinski definition) is 0. The van der Waals surface area contributed by atoms with Crippen molar-refractivity contribution in [2.24, 2.45) is 0 Å². The Balaban J connectivity index is 1.18. The molecular weight excluding hydrogens is 572 g/mol. The Morgan fingerprint density at radius 2 is 0.889 bits per heavy atom. The standard InChI is InChI=1S/C37H36O8/c1-40-34-20-12-28(24-36(34)42-3)32(38)18-10-26-6-14-30(15-7-26)44-22-5-23-45-31-16-8-27(9-17-31)11-19-33(39)29-13-21-35(41-2)37(25-29)43-4/h6-21,24-25H,5,22-23H2,1-4H3/b18-10-,19-11+. The van der Waals surface area contributed by atoms with Crippen LogP contribution in [0.3, 0.4) is 0 Å². The minimum absolute atomic E-state index is 0.136. The molecule has 0 spiro atoms. The van der Waals surface area contributed by atoms with Crippen molar-refractivity contribution < 1.29 is 38.0 Å². The number of ether oxygens (including phenoxy) is 6. The second-order valence-electron chi connectivity index (χ2n) is 9.72. The highest BCUT2D eigenvalue weighted by Crippen LogP contribution is 2.29. The first-order valence-corrected chi connectivity index (χ1v) is 14.3. The van der Waals surface area contributed by atoms with Gasteiger partial charge in [-0.2, -0.15) is 0 Å². The summed E-state index contributed by atoms with van der Waals surface area (Å²) in [4.78, 5) is 25.1. The topological polar surface area (TPSA) is 89.5 Å². The average Bonchev–Trinajstić information content (AvgIpc) is 3.09. The lowest BCUT2D eigenvalue weighted by molar-refractivity contribution is 0.103. The SMILES string of the molecule is COc1ccc(C(=O)/C=C\c2ccc(OCCCOc3ccc(/C=C/C(=O)c4ccc(OC)c(OC)c4)cc3)cc2)cc1OC. The van der Waals surface area contributed by atoms with E-state index in [1.54, 1.807) is 62.8 Å². The third-order valence-electron chi connectivity index (χ3n) is 6.78. The van der Waals surface area contributed by atoms with Crippen LogP contribution in [0.1, 0.15) is 38.3 Å². The molecule has 0 bridgehead atoms. The Hall–Kier alpha value is -5.50. The van der Waals surface area contributed by atoms with Crippen molar-refractivity contribution in [3.8, 4) is 34.5 Å². The number of hydrogen-bond acceptors (Lipinski definition) is 8. The van der Waals surface area contributed by atoms with E-state index in [4.69, 9.17) is 28.4 Å². The molecular formula is C37H36O8. The third kappa shape index (κ3) is 9.24. The number of ketones is 2. The summed E-state index contributed by atoms with van der Waals surface area (Å²) in [5, 5.41) is 0. The third-order valence-corrected chi connectivity index (χ3v) is 6.78. The first-order valence-electron chi connectivity index (χ1n) is 14.3. The van der Waals surface area contributed by atoms with Gasteiger partial charge in [0.15, 0.2) is 34.6 Å². The van der Waals surface area contributed by atoms with Gasteiger partial charge in [0.1, 0.15) is 11.5 Å². The molecule has 0 amide bonds. The van der Waals surface area contributed by atoms with Gasteiger partial charge in [-0.05, 0) is 83.9 Å². The summed E-state index contributed by atoms with van der Waals surface area (Å²) in [6.07, 6.45) is 7.26. The van der Waals surface area contributed by atoms with E-state index in [1.165, 1.54) is 26.4 Å². The predicted molar refractivity (Wildman–Crippen MR) is 174 cm³/mol. The lowest BCUT2D eigenvalue weighted by atomic mass is 10.1. The molecule has 232 valence electrons. The van der Waals surface area contributed by atoms with Crippen LogP contribution < -0.4 is 28.4 Å². The molecule has 0 aromatic heterocycles. The van der Waals surface area contributed by atoms with Gasteiger partial charge in [0, 0.05) is 17.5 Å². The van der Waals surface area contributed by atoms with Crippen LogP contribution in [0.2, 0.25) is 0 Å². The molecule has 0 fully saturated rings. The zero-order valence-electron chi connectivity index (χ0n) is 25.8. The van der Waals surface area contributed by atoms with Crippen LogP contribution in [0, 0.1) is 0 Å². The number of rotatable bonds is 16. The van der Waals surface area contributed by atoms with Crippen LogP contribution >= 0.6 is 0 Å². The van der Waals surface area contributed by atoms with Gasteiger partial charge in [0.05, 0.1) is 41.7 Å². The van der Waals surface area contributed by atoms with Gasteiger partial charge in [0.25, 0.3) is 0 Å². The van der Waals surface area contributed by atoms with Gasteiger partial charge < -0.3 is 28.4 Å². The highest BCUT2D eigenvalue weighted by Gasteiger charge is 2.10. The molecule has 0 N–H and O–H groups in total.